The minimum absolute atomic E-state index is 0.220. The fourth-order valence-corrected chi connectivity index (χ4v) is 2.78. The molecule has 0 spiro atoms. The Bertz CT molecular complexity index is 724. The fraction of sp³-hybridized carbons (Fsp3) is 0.474. The van der Waals surface area contributed by atoms with Gasteiger partial charge in [0.25, 0.3) is 0 Å². The zero-order valence-corrected chi connectivity index (χ0v) is 15.9. The summed E-state index contributed by atoms with van der Waals surface area (Å²) in [6.07, 6.45) is 0.756. The third-order valence-electron chi connectivity index (χ3n) is 4.52. The van der Waals surface area contributed by atoms with Gasteiger partial charge in [-0.1, -0.05) is 12.1 Å². The van der Waals surface area contributed by atoms with E-state index in [1.807, 2.05) is 0 Å². The summed E-state index contributed by atoms with van der Waals surface area (Å²) >= 11 is 0. The SMILES string of the molecule is CCOC(=O)c1ccccc1NC(=O)C(C)(C)C(=O)N1CCN(C=O)CC1. The molecule has 1 aromatic carbocycles. The van der Waals surface area contributed by atoms with Gasteiger partial charge in [0.15, 0.2) is 0 Å². The Morgan fingerprint density at radius 2 is 1.78 bits per heavy atom. The molecule has 0 aromatic heterocycles. The molecular weight excluding hydrogens is 350 g/mol. The maximum Gasteiger partial charge on any atom is 0.340 e. The Kier molecular flexibility index (Phi) is 6.55. The number of rotatable bonds is 6. The van der Waals surface area contributed by atoms with Crippen LogP contribution in [0, 0.1) is 5.41 Å². The van der Waals surface area contributed by atoms with E-state index in [0.29, 0.717) is 31.9 Å². The molecular formula is C19H25N3O5. The molecule has 2 rings (SSSR count). The first kappa shape index (κ1) is 20.4. The highest BCUT2D eigenvalue weighted by molar-refractivity contribution is 6.11. The van der Waals surface area contributed by atoms with Crippen molar-refractivity contribution in [3.8, 4) is 0 Å². The number of benzene rings is 1. The average Bonchev–Trinajstić information content (AvgIpc) is 2.68. The zero-order chi connectivity index (χ0) is 20.0. The van der Waals surface area contributed by atoms with Crippen LogP contribution in [0.3, 0.4) is 0 Å². The van der Waals surface area contributed by atoms with Gasteiger partial charge in [0, 0.05) is 26.2 Å². The van der Waals surface area contributed by atoms with E-state index in [4.69, 9.17) is 4.74 Å². The average molecular weight is 375 g/mol. The Labute approximate surface area is 158 Å². The summed E-state index contributed by atoms with van der Waals surface area (Å²) in [5.74, 6) is -1.37. The first-order valence-corrected chi connectivity index (χ1v) is 8.87. The molecule has 146 valence electrons. The van der Waals surface area contributed by atoms with Gasteiger partial charge in [0.2, 0.25) is 18.2 Å². The van der Waals surface area contributed by atoms with Crippen LogP contribution in [0.15, 0.2) is 24.3 Å². The number of hydrogen-bond acceptors (Lipinski definition) is 5. The Morgan fingerprint density at radius 3 is 2.37 bits per heavy atom. The number of ether oxygens (including phenoxy) is 1. The van der Waals surface area contributed by atoms with Crippen molar-refractivity contribution in [1.82, 2.24) is 9.80 Å². The molecule has 3 amide bonds. The third kappa shape index (κ3) is 4.64. The van der Waals surface area contributed by atoms with Crippen LogP contribution in [-0.4, -0.2) is 66.8 Å². The second kappa shape index (κ2) is 8.66. The quantitative estimate of drug-likeness (QED) is 0.457. The zero-order valence-electron chi connectivity index (χ0n) is 15.9. The number of esters is 1. The molecule has 1 N–H and O–H groups in total. The first-order valence-electron chi connectivity index (χ1n) is 8.87. The van der Waals surface area contributed by atoms with Gasteiger partial charge in [-0.3, -0.25) is 14.4 Å². The van der Waals surface area contributed by atoms with E-state index in [1.165, 1.54) is 0 Å². The maximum atomic E-state index is 12.8. The minimum atomic E-state index is -1.33. The van der Waals surface area contributed by atoms with Crippen LogP contribution < -0.4 is 5.32 Å². The van der Waals surface area contributed by atoms with Crippen molar-refractivity contribution in [2.24, 2.45) is 5.41 Å². The summed E-state index contributed by atoms with van der Waals surface area (Å²) in [5, 5.41) is 2.68. The lowest BCUT2D eigenvalue weighted by molar-refractivity contribution is -0.148. The topological polar surface area (TPSA) is 96.0 Å². The maximum absolute atomic E-state index is 12.8. The van der Waals surface area contributed by atoms with Crippen molar-refractivity contribution in [2.45, 2.75) is 20.8 Å². The van der Waals surface area contributed by atoms with E-state index in [9.17, 15) is 19.2 Å². The van der Waals surface area contributed by atoms with Crippen LogP contribution >= 0.6 is 0 Å². The largest absolute Gasteiger partial charge is 0.462 e. The molecule has 0 unspecified atom stereocenters. The van der Waals surface area contributed by atoms with Crippen LogP contribution in [-0.2, 0) is 19.1 Å². The van der Waals surface area contributed by atoms with Gasteiger partial charge in [-0.2, -0.15) is 0 Å². The van der Waals surface area contributed by atoms with Crippen molar-refractivity contribution in [1.29, 1.82) is 0 Å². The molecule has 1 saturated heterocycles. The fourth-order valence-electron chi connectivity index (χ4n) is 2.78. The molecule has 1 aromatic rings. The number of para-hydroxylation sites is 1. The highest BCUT2D eigenvalue weighted by Crippen LogP contribution is 2.24. The van der Waals surface area contributed by atoms with Crippen LogP contribution in [0.4, 0.5) is 5.69 Å². The van der Waals surface area contributed by atoms with Crippen LogP contribution in [0.1, 0.15) is 31.1 Å². The smallest absolute Gasteiger partial charge is 0.340 e. The standard InChI is InChI=1S/C19H25N3O5/c1-4-27-16(24)14-7-5-6-8-15(14)20-17(25)19(2,3)18(26)22-11-9-21(13-23)10-12-22/h5-8,13H,4,9-12H2,1-3H3,(H,20,25). The number of carbonyl (C=O) groups excluding carboxylic acids is 4. The van der Waals surface area contributed by atoms with Crippen molar-refractivity contribution >= 4 is 29.9 Å². The van der Waals surface area contributed by atoms with E-state index in [2.05, 4.69) is 5.32 Å². The van der Waals surface area contributed by atoms with Gasteiger partial charge in [-0.25, -0.2) is 4.79 Å². The summed E-state index contributed by atoms with van der Waals surface area (Å²) < 4.78 is 5.00. The lowest BCUT2D eigenvalue weighted by Gasteiger charge is -2.36. The number of amides is 3. The highest BCUT2D eigenvalue weighted by atomic mass is 16.5. The highest BCUT2D eigenvalue weighted by Gasteiger charge is 2.40. The molecule has 1 aliphatic heterocycles. The molecule has 0 radical (unpaired) electrons. The predicted octanol–water partition coefficient (Wildman–Crippen LogP) is 1.13. The van der Waals surface area contributed by atoms with E-state index in [-0.39, 0.29) is 18.1 Å². The van der Waals surface area contributed by atoms with Gasteiger partial charge in [0.05, 0.1) is 17.9 Å². The lowest BCUT2D eigenvalue weighted by Crippen LogP contribution is -2.54. The monoisotopic (exact) mass is 375 g/mol. The second-order valence-electron chi connectivity index (χ2n) is 6.78. The number of carbonyl (C=O) groups is 4. The Morgan fingerprint density at radius 1 is 1.15 bits per heavy atom. The molecule has 0 bridgehead atoms. The number of nitrogens with zero attached hydrogens (tertiary/aromatic N) is 2. The number of anilines is 1. The van der Waals surface area contributed by atoms with Crippen molar-refractivity contribution in [3.63, 3.8) is 0 Å². The van der Waals surface area contributed by atoms with E-state index in [1.54, 1.807) is 54.8 Å². The van der Waals surface area contributed by atoms with E-state index >= 15 is 0 Å². The summed E-state index contributed by atoms with van der Waals surface area (Å²) in [6, 6.07) is 6.51. The number of hydrogen-bond donors (Lipinski definition) is 1. The molecule has 0 atom stereocenters. The van der Waals surface area contributed by atoms with Crippen molar-refractivity contribution < 1.29 is 23.9 Å². The third-order valence-corrected chi connectivity index (χ3v) is 4.52. The molecule has 0 aliphatic carbocycles. The molecule has 27 heavy (non-hydrogen) atoms. The molecule has 8 nitrogen and oxygen atoms in total. The lowest BCUT2D eigenvalue weighted by atomic mass is 9.89. The summed E-state index contributed by atoms with van der Waals surface area (Å²) in [7, 11) is 0. The molecule has 0 saturated carbocycles. The van der Waals surface area contributed by atoms with Crippen LogP contribution in [0.2, 0.25) is 0 Å². The number of piperazine rings is 1. The summed E-state index contributed by atoms with van der Waals surface area (Å²) in [6.45, 7) is 6.66. The van der Waals surface area contributed by atoms with Gasteiger partial charge in [-0.15, -0.1) is 0 Å². The van der Waals surface area contributed by atoms with Gasteiger partial charge in [-0.05, 0) is 32.9 Å². The first-order chi connectivity index (χ1) is 12.8. The van der Waals surface area contributed by atoms with Gasteiger partial charge in [0.1, 0.15) is 5.41 Å². The normalized spacial score (nSPS) is 14.5. The summed E-state index contributed by atoms with van der Waals surface area (Å²) in [4.78, 5) is 51.7. The van der Waals surface area contributed by atoms with E-state index < -0.39 is 17.3 Å². The number of nitrogens with one attached hydrogen (secondary N) is 1. The van der Waals surface area contributed by atoms with Crippen molar-refractivity contribution in [2.75, 3.05) is 38.1 Å². The van der Waals surface area contributed by atoms with Crippen LogP contribution in [0.5, 0.6) is 0 Å². The molecule has 1 aliphatic rings. The van der Waals surface area contributed by atoms with E-state index in [0.717, 1.165) is 6.41 Å². The van der Waals surface area contributed by atoms with Gasteiger partial charge < -0.3 is 19.9 Å². The molecule has 8 heteroatoms. The predicted molar refractivity (Wildman–Crippen MR) is 99.0 cm³/mol. The second-order valence-corrected chi connectivity index (χ2v) is 6.78. The minimum Gasteiger partial charge on any atom is -0.462 e. The van der Waals surface area contributed by atoms with Gasteiger partial charge >= 0.3 is 5.97 Å². The van der Waals surface area contributed by atoms with Crippen molar-refractivity contribution in [3.05, 3.63) is 29.8 Å². The van der Waals surface area contributed by atoms with Crippen LogP contribution in [0.25, 0.3) is 0 Å². The Balaban J connectivity index is 2.11. The Hall–Kier alpha value is -2.90. The molecule has 1 heterocycles. The molecule has 1 fully saturated rings. The summed E-state index contributed by atoms with van der Waals surface area (Å²) in [5.41, 5.74) is -0.798.